The lowest BCUT2D eigenvalue weighted by atomic mass is 10.2. The lowest BCUT2D eigenvalue weighted by Gasteiger charge is -2.16. The molecule has 1 aromatic carbocycles. The van der Waals surface area contributed by atoms with E-state index in [-0.39, 0.29) is 5.91 Å². The summed E-state index contributed by atoms with van der Waals surface area (Å²) in [5.74, 6) is 0.226. The van der Waals surface area contributed by atoms with E-state index in [9.17, 15) is 4.79 Å². The summed E-state index contributed by atoms with van der Waals surface area (Å²) in [7, 11) is 0. The summed E-state index contributed by atoms with van der Waals surface area (Å²) < 4.78 is 1.10. The number of nitrogens with one attached hydrogen (secondary N) is 1. The van der Waals surface area contributed by atoms with Crippen LogP contribution in [0.3, 0.4) is 0 Å². The zero-order valence-corrected chi connectivity index (χ0v) is 13.0. The molecule has 1 fully saturated rings. The SMILES string of the molecule is Cc1nc2cc(NCCC(=O)N3CCCC3)c(N)cc2s1. The van der Waals surface area contributed by atoms with E-state index in [1.54, 1.807) is 11.3 Å². The zero-order chi connectivity index (χ0) is 14.8. The molecule has 0 bridgehead atoms. The smallest absolute Gasteiger partial charge is 0.224 e. The highest BCUT2D eigenvalue weighted by molar-refractivity contribution is 7.18. The second-order valence-corrected chi connectivity index (χ2v) is 6.64. The van der Waals surface area contributed by atoms with Gasteiger partial charge in [0.15, 0.2) is 0 Å². The number of nitrogen functional groups attached to an aromatic ring is 1. The predicted octanol–water partition coefficient (Wildman–Crippen LogP) is 2.61. The molecule has 5 nitrogen and oxygen atoms in total. The largest absolute Gasteiger partial charge is 0.397 e. The molecule has 0 saturated carbocycles. The number of likely N-dealkylation sites (tertiary alicyclic amines) is 1. The summed E-state index contributed by atoms with van der Waals surface area (Å²) in [4.78, 5) is 18.4. The molecule has 0 aliphatic carbocycles. The summed E-state index contributed by atoms with van der Waals surface area (Å²) in [5, 5.41) is 4.29. The van der Waals surface area contributed by atoms with E-state index in [1.807, 2.05) is 24.0 Å². The average Bonchev–Trinajstić information content (AvgIpc) is 3.07. The second-order valence-electron chi connectivity index (χ2n) is 5.40. The van der Waals surface area contributed by atoms with Crippen molar-refractivity contribution in [2.45, 2.75) is 26.2 Å². The van der Waals surface area contributed by atoms with E-state index in [4.69, 9.17) is 5.73 Å². The third-order valence-corrected chi connectivity index (χ3v) is 4.71. The van der Waals surface area contributed by atoms with E-state index in [0.717, 1.165) is 46.8 Å². The first-order chi connectivity index (χ1) is 10.1. The summed E-state index contributed by atoms with van der Waals surface area (Å²) in [6.45, 7) is 4.41. The number of nitrogens with zero attached hydrogens (tertiary/aromatic N) is 2. The number of carbonyl (C=O) groups is 1. The molecule has 0 unspecified atom stereocenters. The van der Waals surface area contributed by atoms with Gasteiger partial charge in [-0.15, -0.1) is 11.3 Å². The number of amides is 1. The normalized spacial score (nSPS) is 14.8. The Hall–Kier alpha value is -1.82. The van der Waals surface area contributed by atoms with Crippen LogP contribution >= 0.6 is 11.3 Å². The van der Waals surface area contributed by atoms with Gasteiger partial charge < -0.3 is 16.0 Å². The molecule has 1 aromatic heterocycles. The number of anilines is 2. The fourth-order valence-electron chi connectivity index (χ4n) is 2.69. The number of carbonyl (C=O) groups excluding carboxylic acids is 1. The van der Waals surface area contributed by atoms with Crippen molar-refractivity contribution in [2.75, 3.05) is 30.7 Å². The number of hydrogen-bond donors (Lipinski definition) is 2. The number of nitrogens with two attached hydrogens (primary N) is 1. The van der Waals surface area contributed by atoms with Crippen LogP contribution < -0.4 is 11.1 Å². The van der Waals surface area contributed by atoms with E-state index in [1.165, 1.54) is 0 Å². The molecule has 3 N–H and O–H groups in total. The zero-order valence-electron chi connectivity index (χ0n) is 12.2. The maximum atomic E-state index is 12.0. The maximum absolute atomic E-state index is 12.0. The minimum atomic E-state index is 0.226. The van der Waals surface area contributed by atoms with E-state index in [2.05, 4.69) is 10.3 Å². The Morgan fingerprint density at radius 1 is 1.43 bits per heavy atom. The molecule has 2 aromatic rings. The Kier molecular flexibility index (Phi) is 3.96. The van der Waals surface area contributed by atoms with Gasteiger partial charge >= 0.3 is 0 Å². The first kappa shape index (κ1) is 14.1. The molecular weight excluding hydrogens is 284 g/mol. The Balaban J connectivity index is 1.62. The van der Waals surface area contributed by atoms with Crippen LogP contribution in [0.4, 0.5) is 11.4 Å². The molecule has 6 heteroatoms. The maximum Gasteiger partial charge on any atom is 0.224 e. The number of thiazole rings is 1. The first-order valence-electron chi connectivity index (χ1n) is 7.32. The number of fused-ring (bicyclic) bond motifs is 1. The number of aryl methyl sites for hydroxylation is 1. The minimum Gasteiger partial charge on any atom is -0.397 e. The van der Waals surface area contributed by atoms with Gasteiger partial charge in [0, 0.05) is 26.1 Å². The summed E-state index contributed by atoms with van der Waals surface area (Å²) >= 11 is 1.64. The molecule has 0 radical (unpaired) electrons. The van der Waals surface area contributed by atoms with Crippen molar-refractivity contribution in [2.24, 2.45) is 0 Å². The lowest BCUT2D eigenvalue weighted by molar-refractivity contribution is -0.129. The van der Waals surface area contributed by atoms with Crippen molar-refractivity contribution in [1.82, 2.24) is 9.88 Å². The van der Waals surface area contributed by atoms with Crippen molar-refractivity contribution in [3.8, 4) is 0 Å². The molecule has 1 aliphatic heterocycles. The molecule has 1 amide bonds. The van der Waals surface area contributed by atoms with Crippen LogP contribution in [0.2, 0.25) is 0 Å². The lowest BCUT2D eigenvalue weighted by Crippen LogP contribution is -2.29. The quantitative estimate of drug-likeness (QED) is 0.852. The van der Waals surface area contributed by atoms with Crippen molar-refractivity contribution < 1.29 is 4.79 Å². The predicted molar refractivity (Wildman–Crippen MR) is 87.7 cm³/mol. The molecule has 0 atom stereocenters. The molecule has 112 valence electrons. The number of rotatable bonds is 4. The van der Waals surface area contributed by atoms with Gasteiger partial charge in [-0.2, -0.15) is 0 Å². The fraction of sp³-hybridized carbons (Fsp3) is 0.467. The summed E-state index contributed by atoms with van der Waals surface area (Å²) in [6.07, 6.45) is 2.77. The molecule has 2 heterocycles. The van der Waals surface area contributed by atoms with Crippen LogP contribution in [0.5, 0.6) is 0 Å². The van der Waals surface area contributed by atoms with Gasteiger partial charge in [-0.25, -0.2) is 4.98 Å². The van der Waals surface area contributed by atoms with Crippen molar-refractivity contribution in [3.63, 3.8) is 0 Å². The topological polar surface area (TPSA) is 71.2 Å². The van der Waals surface area contributed by atoms with Gasteiger partial charge in [-0.1, -0.05) is 0 Å². The second kappa shape index (κ2) is 5.89. The van der Waals surface area contributed by atoms with Crippen LogP contribution in [0.15, 0.2) is 12.1 Å². The summed E-state index contributed by atoms with van der Waals surface area (Å²) in [6, 6.07) is 3.92. The number of benzene rings is 1. The van der Waals surface area contributed by atoms with Gasteiger partial charge in [0.2, 0.25) is 5.91 Å². The third-order valence-electron chi connectivity index (χ3n) is 3.78. The van der Waals surface area contributed by atoms with Crippen LogP contribution in [0.1, 0.15) is 24.3 Å². The Labute approximate surface area is 128 Å². The highest BCUT2D eigenvalue weighted by Crippen LogP contribution is 2.29. The van der Waals surface area contributed by atoms with Crippen molar-refractivity contribution in [1.29, 1.82) is 0 Å². The molecular formula is C15H20N4OS. The highest BCUT2D eigenvalue weighted by atomic mass is 32.1. The number of hydrogen-bond acceptors (Lipinski definition) is 5. The van der Waals surface area contributed by atoms with Crippen molar-refractivity contribution in [3.05, 3.63) is 17.1 Å². The average molecular weight is 304 g/mol. The van der Waals surface area contributed by atoms with Crippen LogP contribution in [-0.2, 0) is 4.79 Å². The van der Waals surface area contributed by atoms with Gasteiger partial charge in [0.25, 0.3) is 0 Å². The Morgan fingerprint density at radius 3 is 2.95 bits per heavy atom. The molecule has 3 rings (SSSR count). The molecule has 1 aliphatic rings. The standard InChI is InChI=1S/C15H20N4OS/c1-10-18-13-9-12(11(16)8-14(13)21-10)17-5-4-15(20)19-6-2-3-7-19/h8-9,17H,2-7,16H2,1H3. The van der Waals surface area contributed by atoms with Gasteiger partial charge in [-0.05, 0) is 31.9 Å². The van der Waals surface area contributed by atoms with E-state index < -0.39 is 0 Å². The first-order valence-corrected chi connectivity index (χ1v) is 8.13. The fourth-order valence-corrected chi connectivity index (χ4v) is 3.54. The Morgan fingerprint density at radius 2 is 2.19 bits per heavy atom. The van der Waals surface area contributed by atoms with Crippen LogP contribution in [-0.4, -0.2) is 35.4 Å². The third kappa shape index (κ3) is 3.10. The molecule has 1 saturated heterocycles. The summed E-state index contributed by atoms with van der Waals surface area (Å²) in [5.41, 5.74) is 8.59. The van der Waals surface area contributed by atoms with E-state index >= 15 is 0 Å². The van der Waals surface area contributed by atoms with Crippen LogP contribution in [0, 0.1) is 6.92 Å². The van der Waals surface area contributed by atoms with Crippen LogP contribution in [0.25, 0.3) is 10.2 Å². The van der Waals surface area contributed by atoms with Gasteiger partial charge in [0.1, 0.15) is 0 Å². The van der Waals surface area contributed by atoms with E-state index in [0.29, 0.717) is 18.7 Å². The van der Waals surface area contributed by atoms with Crippen molar-refractivity contribution >= 4 is 38.8 Å². The van der Waals surface area contributed by atoms with Gasteiger partial charge in [0.05, 0.1) is 26.6 Å². The van der Waals surface area contributed by atoms with Gasteiger partial charge in [-0.3, -0.25) is 4.79 Å². The number of aromatic nitrogens is 1. The monoisotopic (exact) mass is 304 g/mol. The Bertz CT molecular complexity index is 661. The highest BCUT2D eigenvalue weighted by Gasteiger charge is 2.17. The molecule has 21 heavy (non-hydrogen) atoms. The minimum absolute atomic E-state index is 0.226. The molecule has 0 spiro atoms.